The molecular formula is C4H9IO2S. The van der Waals surface area contributed by atoms with Crippen LogP contribution in [-0.4, -0.2) is 19.9 Å². The molecule has 0 amide bonds. The van der Waals surface area contributed by atoms with E-state index in [1.54, 1.807) is 0 Å². The monoisotopic (exact) mass is 248 g/mol. The van der Waals surface area contributed by atoms with E-state index in [9.17, 15) is 4.79 Å². The lowest BCUT2D eigenvalue weighted by Gasteiger charge is -2.07. The van der Waals surface area contributed by atoms with E-state index in [2.05, 4.69) is 22.6 Å². The molecule has 8 heavy (non-hydrogen) atoms. The van der Waals surface area contributed by atoms with Gasteiger partial charge in [0.25, 0.3) is 0 Å². The molecule has 0 aliphatic carbocycles. The van der Waals surface area contributed by atoms with Crippen molar-refractivity contribution in [1.82, 2.24) is 0 Å². The van der Waals surface area contributed by atoms with Gasteiger partial charge in [0, 0.05) is 3.76 Å². The van der Waals surface area contributed by atoms with Gasteiger partial charge in [-0.15, -0.1) is 10.9 Å². The first-order chi connectivity index (χ1) is 3.72. The number of carbonyl (C=O) groups is 1. The second-order valence-corrected chi connectivity index (χ2v) is 5.64. The van der Waals surface area contributed by atoms with Gasteiger partial charge >= 0.3 is 5.30 Å². The summed E-state index contributed by atoms with van der Waals surface area (Å²) in [6, 6.07) is 0. The summed E-state index contributed by atoms with van der Waals surface area (Å²) in [6.45, 7) is 1.92. The molecule has 0 aromatic carbocycles. The molecule has 4 heteroatoms. The Labute approximate surface area is 65.1 Å². The molecule has 1 N–H and O–H groups in total. The summed E-state index contributed by atoms with van der Waals surface area (Å²) < 4.78 is 0.777. The fourth-order valence-corrected chi connectivity index (χ4v) is 3.14. The first-order valence-corrected chi connectivity index (χ1v) is 5.50. The van der Waals surface area contributed by atoms with E-state index in [4.69, 9.17) is 5.11 Å². The largest absolute Gasteiger partial charge is 0.474 e. The average Bonchev–Trinajstić information content (AvgIpc) is 1.69. The summed E-state index contributed by atoms with van der Waals surface area (Å²) in [4.78, 5) is 10.2. The second-order valence-electron chi connectivity index (χ2n) is 1.26. The normalized spacial score (nSPS) is 15.5. The van der Waals surface area contributed by atoms with Gasteiger partial charge in [0.2, 0.25) is 0 Å². The standard InChI is InChI=1S/C4H9IO2S/c1-2-8(3-5)4(6)7/h8H,2-3H2,1H3,(H,6,7). The van der Waals surface area contributed by atoms with Gasteiger partial charge < -0.3 is 5.11 Å². The Balaban J connectivity index is 3.52. The quantitative estimate of drug-likeness (QED) is 0.446. The maximum absolute atomic E-state index is 10.2. The molecule has 0 radical (unpaired) electrons. The first kappa shape index (κ1) is 8.55. The molecule has 0 rings (SSSR count). The number of rotatable bonds is 2. The fraction of sp³-hybridized carbons (Fsp3) is 0.750. The highest BCUT2D eigenvalue weighted by Crippen LogP contribution is 2.26. The van der Waals surface area contributed by atoms with E-state index in [0.29, 0.717) is 0 Å². The Hall–Kier alpha value is 0.550. The van der Waals surface area contributed by atoms with Crippen molar-refractivity contribution >= 4 is 38.8 Å². The van der Waals surface area contributed by atoms with Crippen molar-refractivity contribution in [3.8, 4) is 0 Å². The number of hydrogen-bond acceptors (Lipinski definition) is 1. The van der Waals surface area contributed by atoms with Crippen molar-refractivity contribution in [3.05, 3.63) is 0 Å². The third-order valence-corrected chi connectivity index (χ3v) is 4.86. The molecule has 0 saturated heterocycles. The van der Waals surface area contributed by atoms with Crippen molar-refractivity contribution in [2.24, 2.45) is 0 Å². The number of thiol groups is 1. The van der Waals surface area contributed by atoms with Gasteiger partial charge in [-0.05, 0) is 5.75 Å². The lowest BCUT2D eigenvalue weighted by Crippen LogP contribution is -1.96. The molecule has 0 heterocycles. The Bertz CT molecular complexity index is 82.1. The van der Waals surface area contributed by atoms with Gasteiger partial charge in [-0.3, -0.25) is 0 Å². The fourth-order valence-electron chi connectivity index (χ4n) is 0.271. The minimum absolute atomic E-state index is 0.614. The SMILES string of the molecule is CC[SH](CI)C(=O)O. The zero-order valence-corrected chi connectivity index (χ0v) is 7.65. The van der Waals surface area contributed by atoms with Gasteiger partial charge in [0.05, 0.1) is 0 Å². The van der Waals surface area contributed by atoms with Crippen molar-refractivity contribution in [2.45, 2.75) is 6.92 Å². The molecule has 0 aromatic heterocycles. The van der Waals surface area contributed by atoms with E-state index >= 15 is 0 Å². The molecule has 50 valence electrons. The molecule has 0 aliphatic heterocycles. The van der Waals surface area contributed by atoms with E-state index in [-0.39, 0.29) is 0 Å². The summed E-state index contributed by atoms with van der Waals surface area (Å²) in [5, 5.41) is 7.78. The van der Waals surface area contributed by atoms with Crippen LogP contribution >= 0.6 is 33.5 Å². The second kappa shape index (κ2) is 4.43. The summed E-state index contributed by atoms with van der Waals surface area (Å²) in [5.74, 6) is 0.799. The number of alkyl halides is 1. The molecule has 0 spiro atoms. The number of carboxylic acid groups (broad SMARTS) is 1. The van der Waals surface area contributed by atoms with Crippen LogP contribution in [0, 0.1) is 0 Å². The molecule has 0 aliphatic rings. The van der Waals surface area contributed by atoms with Gasteiger partial charge in [-0.25, -0.2) is 4.79 Å². The van der Waals surface area contributed by atoms with Crippen LogP contribution < -0.4 is 0 Å². The van der Waals surface area contributed by atoms with E-state index < -0.39 is 16.2 Å². The molecular weight excluding hydrogens is 239 g/mol. The minimum atomic E-state index is -0.712. The van der Waals surface area contributed by atoms with Crippen molar-refractivity contribution in [2.75, 3.05) is 9.51 Å². The van der Waals surface area contributed by atoms with E-state index in [1.807, 2.05) is 6.92 Å². The summed E-state index contributed by atoms with van der Waals surface area (Å²) >= 11 is 2.11. The Morgan fingerprint density at radius 2 is 2.38 bits per heavy atom. The molecule has 0 fully saturated rings. The predicted molar refractivity (Wildman–Crippen MR) is 46.4 cm³/mol. The Morgan fingerprint density at radius 1 is 1.88 bits per heavy atom. The van der Waals surface area contributed by atoms with Gasteiger partial charge in [-0.2, -0.15) is 0 Å². The van der Waals surface area contributed by atoms with Crippen LogP contribution in [0.25, 0.3) is 0 Å². The average molecular weight is 248 g/mol. The van der Waals surface area contributed by atoms with Crippen LogP contribution in [0.4, 0.5) is 4.79 Å². The molecule has 1 atom stereocenters. The highest BCUT2D eigenvalue weighted by molar-refractivity contribution is 14.1. The number of halogens is 1. The smallest absolute Gasteiger partial charge is 0.345 e. The molecule has 0 saturated carbocycles. The first-order valence-electron chi connectivity index (χ1n) is 2.26. The molecule has 2 nitrogen and oxygen atoms in total. The van der Waals surface area contributed by atoms with Gasteiger partial charge in [0.1, 0.15) is 0 Å². The zero-order valence-electron chi connectivity index (χ0n) is 4.59. The predicted octanol–water partition coefficient (Wildman–Crippen LogP) is 2.08. The Kier molecular flexibility index (Phi) is 4.74. The Morgan fingerprint density at radius 3 is 2.38 bits per heavy atom. The topological polar surface area (TPSA) is 37.3 Å². The van der Waals surface area contributed by atoms with E-state index in [1.165, 1.54) is 0 Å². The van der Waals surface area contributed by atoms with Crippen molar-refractivity contribution in [1.29, 1.82) is 0 Å². The lowest BCUT2D eigenvalue weighted by molar-refractivity contribution is 0.222. The molecule has 0 aromatic rings. The molecule has 0 bridgehead atoms. The maximum atomic E-state index is 10.2. The van der Waals surface area contributed by atoms with Crippen LogP contribution in [0.1, 0.15) is 6.92 Å². The lowest BCUT2D eigenvalue weighted by atomic mass is 11.0. The third-order valence-electron chi connectivity index (χ3n) is 0.797. The third kappa shape index (κ3) is 2.76. The van der Waals surface area contributed by atoms with E-state index in [0.717, 1.165) is 9.51 Å². The molecule has 1 unspecified atom stereocenters. The summed E-state index contributed by atoms with van der Waals surface area (Å²) in [7, 11) is -0.712. The van der Waals surface area contributed by atoms with Crippen molar-refractivity contribution < 1.29 is 9.90 Å². The summed E-state index contributed by atoms with van der Waals surface area (Å²) in [6.07, 6.45) is 0. The van der Waals surface area contributed by atoms with Crippen LogP contribution in [0.5, 0.6) is 0 Å². The van der Waals surface area contributed by atoms with Gasteiger partial charge in [-0.1, -0.05) is 29.5 Å². The highest BCUT2D eigenvalue weighted by atomic mass is 127. The van der Waals surface area contributed by atoms with Crippen molar-refractivity contribution in [3.63, 3.8) is 0 Å². The zero-order chi connectivity index (χ0) is 6.57. The van der Waals surface area contributed by atoms with Crippen LogP contribution in [0.15, 0.2) is 0 Å². The minimum Gasteiger partial charge on any atom is -0.474 e. The van der Waals surface area contributed by atoms with Crippen LogP contribution in [0.3, 0.4) is 0 Å². The maximum Gasteiger partial charge on any atom is 0.345 e. The summed E-state index contributed by atoms with van der Waals surface area (Å²) in [5.41, 5.74) is 0. The van der Waals surface area contributed by atoms with Crippen LogP contribution in [-0.2, 0) is 0 Å². The van der Waals surface area contributed by atoms with Crippen LogP contribution in [0.2, 0.25) is 0 Å². The highest BCUT2D eigenvalue weighted by Gasteiger charge is 2.05. The number of hydrogen-bond donors (Lipinski definition) is 2. The van der Waals surface area contributed by atoms with Gasteiger partial charge in [0.15, 0.2) is 0 Å².